The Morgan fingerprint density at radius 3 is 2.66 bits per heavy atom. The van der Waals surface area contributed by atoms with E-state index in [1.165, 1.54) is 75.5 Å². The molecule has 0 radical (unpaired) electrons. The average molecular weight is 433 g/mol. The molecule has 1 N–H and O–H groups in total. The van der Waals surface area contributed by atoms with Crippen LogP contribution in [0, 0.1) is 46.3 Å². The molecule has 1 aromatic carbocycles. The average Bonchev–Trinajstić information content (AvgIpc) is 3.37. The molecule has 7 unspecified atom stereocenters. The van der Waals surface area contributed by atoms with Crippen molar-refractivity contribution in [2.75, 3.05) is 0 Å². The highest BCUT2D eigenvalue weighted by Crippen LogP contribution is 2.68. The van der Waals surface area contributed by atoms with Gasteiger partial charge in [-0.2, -0.15) is 0 Å². The predicted molar refractivity (Wildman–Crippen MR) is 133 cm³/mol. The van der Waals surface area contributed by atoms with Gasteiger partial charge in [0, 0.05) is 6.42 Å². The van der Waals surface area contributed by atoms with Crippen LogP contribution in [-0.4, -0.2) is 9.97 Å². The maximum Gasteiger partial charge on any atom is 0.107 e. The molecule has 0 aliphatic heterocycles. The van der Waals surface area contributed by atoms with E-state index < -0.39 is 0 Å². The molecule has 174 valence electrons. The van der Waals surface area contributed by atoms with Gasteiger partial charge in [0.1, 0.15) is 5.82 Å². The Morgan fingerprint density at radius 1 is 0.938 bits per heavy atom. The van der Waals surface area contributed by atoms with E-state index >= 15 is 0 Å². The molecule has 4 aliphatic rings. The Balaban J connectivity index is 1.16. The fraction of sp³-hybridized carbons (Fsp3) is 0.767. The lowest BCUT2D eigenvalue weighted by Gasteiger charge is -2.61. The Labute approximate surface area is 195 Å². The number of hydrogen-bond donors (Lipinski definition) is 1. The number of para-hydroxylation sites is 2. The van der Waals surface area contributed by atoms with Gasteiger partial charge in [-0.05, 0) is 116 Å². The van der Waals surface area contributed by atoms with Crippen LogP contribution in [0.15, 0.2) is 24.3 Å². The molecule has 2 heteroatoms. The number of nitrogens with zero attached hydrogens (tertiary/aromatic N) is 1. The summed E-state index contributed by atoms with van der Waals surface area (Å²) < 4.78 is 0. The molecule has 4 fully saturated rings. The molecule has 32 heavy (non-hydrogen) atoms. The summed E-state index contributed by atoms with van der Waals surface area (Å²) in [6.07, 6.45) is 17.5. The van der Waals surface area contributed by atoms with Gasteiger partial charge in [0.2, 0.25) is 0 Å². The van der Waals surface area contributed by atoms with E-state index in [-0.39, 0.29) is 0 Å². The van der Waals surface area contributed by atoms with E-state index in [0.29, 0.717) is 10.8 Å². The summed E-state index contributed by atoms with van der Waals surface area (Å²) in [7, 11) is 0. The standard InChI is InChI=1S/C30H44N2/c1-20(11-16-28-31-26-9-4-5-10-27(26)32-28)23-14-15-24-22-13-12-21-8-6-7-18-29(21,2)25(22)17-19-30(23,24)3/h4-5,9-10,20-25H,6-8,11-19H2,1-3H3,(H,31,32)/t20-,21?,22?,23?,24?,25?,29?,30?/m1/s1. The van der Waals surface area contributed by atoms with Gasteiger partial charge in [0.25, 0.3) is 0 Å². The van der Waals surface area contributed by atoms with Crippen molar-refractivity contribution in [1.82, 2.24) is 9.97 Å². The van der Waals surface area contributed by atoms with Crippen molar-refractivity contribution in [3.8, 4) is 0 Å². The number of H-pyrrole nitrogens is 1. The monoisotopic (exact) mass is 432 g/mol. The first-order valence-corrected chi connectivity index (χ1v) is 13.9. The van der Waals surface area contributed by atoms with Gasteiger partial charge in [-0.3, -0.25) is 0 Å². The van der Waals surface area contributed by atoms with Crippen LogP contribution in [0.25, 0.3) is 11.0 Å². The van der Waals surface area contributed by atoms with E-state index in [4.69, 9.17) is 4.98 Å². The molecule has 0 amide bonds. The second-order valence-corrected chi connectivity index (χ2v) is 12.8. The first kappa shape index (κ1) is 21.2. The highest BCUT2D eigenvalue weighted by atomic mass is 14.9. The molecule has 1 aromatic heterocycles. The second-order valence-electron chi connectivity index (χ2n) is 12.8. The Morgan fingerprint density at radius 2 is 1.78 bits per heavy atom. The molecule has 0 spiro atoms. The van der Waals surface area contributed by atoms with Crippen LogP contribution in [-0.2, 0) is 6.42 Å². The fourth-order valence-corrected chi connectivity index (χ4v) is 9.96. The molecule has 1 heterocycles. The SMILES string of the molecule is C[C@H](CCc1nc2ccccc2[nH]1)C1CCC2C3CCC4CCCCC4(C)C3CCC21C. The smallest absolute Gasteiger partial charge is 0.107 e. The number of nitrogens with one attached hydrogen (secondary N) is 1. The zero-order valence-electron chi connectivity index (χ0n) is 20.7. The van der Waals surface area contributed by atoms with Crippen LogP contribution in [0.5, 0.6) is 0 Å². The lowest BCUT2D eigenvalue weighted by atomic mass is 9.44. The molecule has 4 aliphatic carbocycles. The van der Waals surface area contributed by atoms with Gasteiger partial charge in [-0.15, -0.1) is 0 Å². The predicted octanol–water partition coefficient (Wildman–Crippen LogP) is 8.18. The zero-order chi connectivity index (χ0) is 21.9. The van der Waals surface area contributed by atoms with Gasteiger partial charge in [0.15, 0.2) is 0 Å². The van der Waals surface area contributed by atoms with Crippen LogP contribution in [0.3, 0.4) is 0 Å². The number of aromatic nitrogens is 2. The number of hydrogen-bond acceptors (Lipinski definition) is 1. The van der Waals surface area contributed by atoms with Crippen LogP contribution in [0.4, 0.5) is 0 Å². The van der Waals surface area contributed by atoms with Gasteiger partial charge in [-0.25, -0.2) is 4.98 Å². The molecular weight excluding hydrogens is 388 g/mol. The third-order valence-electron chi connectivity index (χ3n) is 11.6. The van der Waals surface area contributed by atoms with E-state index in [0.717, 1.165) is 47.4 Å². The van der Waals surface area contributed by atoms with Crippen LogP contribution >= 0.6 is 0 Å². The van der Waals surface area contributed by atoms with Gasteiger partial charge >= 0.3 is 0 Å². The normalized spacial score (nSPS) is 42.3. The van der Waals surface area contributed by atoms with Crippen molar-refractivity contribution in [3.63, 3.8) is 0 Å². The largest absolute Gasteiger partial charge is 0.342 e. The third kappa shape index (κ3) is 3.22. The number of fused-ring (bicyclic) bond motifs is 6. The first-order valence-electron chi connectivity index (χ1n) is 13.9. The Hall–Kier alpha value is -1.31. The maximum atomic E-state index is 4.85. The molecule has 8 atom stereocenters. The molecular formula is C30H44N2. The summed E-state index contributed by atoms with van der Waals surface area (Å²) in [5.74, 6) is 7.00. The van der Waals surface area contributed by atoms with Gasteiger partial charge in [0.05, 0.1) is 11.0 Å². The summed E-state index contributed by atoms with van der Waals surface area (Å²) in [6.45, 7) is 8.00. The Bertz CT molecular complexity index is 928. The molecule has 4 saturated carbocycles. The molecule has 0 saturated heterocycles. The number of aromatic amines is 1. The summed E-state index contributed by atoms with van der Waals surface area (Å²) in [5, 5.41) is 0. The zero-order valence-corrected chi connectivity index (χ0v) is 20.7. The van der Waals surface area contributed by atoms with E-state index in [1.807, 2.05) is 0 Å². The maximum absolute atomic E-state index is 4.85. The van der Waals surface area contributed by atoms with Crippen LogP contribution in [0.1, 0.15) is 97.2 Å². The van der Waals surface area contributed by atoms with Crippen molar-refractivity contribution in [3.05, 3.63) is 30.1 Å². The highest BCUT2D eigenvalue weighted by molar-refractivity contribution is 5.74. The van der Waals surface area contributed by atoms with Gasteiger partial charge in [-0.1, -0.05) is 45.7 Å². The second kappa shape index (κ2) is 7.88. The van der Waals surface area contributed by atoms with E-state index in [9.17, 15) is 0 Å². The summed E-state index contributed by atoms with van der Waals surface area (Å²) in [5.41, 5.74) is 3.57. The number of rotatable bonds is 4. The summed E-state index contributed by atoms with van der Waals surface area (Å²) in [4.78, 5) is 8.42. The van der Waals surface area contributed by atoms with E-state index in [1.54, 1.807) is 6.42 Å². The molecule has 6 rings (SSSR count). The minimum absolute atomic E-state index is 0.590. The number of benzene rings is 1. The minimum atomic E-state index is 0.590. The Kier molecular flexibility index (Phi) is 5.23. The fourth-order valence-electron chi connectivity index (χ4n) is 9.96. The van der Waals surface area contributed by atoms with E-state index in [2.05, 4.69) is 50.0 Å². The van der Waals surface area contributed by atoms with Crippen molar-refractivity contribution in [2.24, 2.45) is 46.3 Å². The van der Waals surface area contributed by atoms with Crippen molar-refractivity contribution < 1.29 is 0 Å². The quantitative estimate of drug-likeness (QED) is 0.518. The molecule has 2 aromatic rings. The topological polar surface area (TPSA) is 28.7 Å². The number of imidazole rings is 1. The summed E-state index contributed by atoms with van der Waals surface area (Å²) >= 11 is 0. The van der Waals surface area contributed by atoms with Crippen molar-refractivity contribution >= 4 is 11.0 Å². The third-order valence-corrected chi connectivity index (χ3v) is 11.6. The van der Waals surface area contributed by atoms with Gasteiger partial charge < -0.3 is 4.98 Å². The first-order chi connectivity index (χ1) is 15.5. The molecule has 0 bridgehead atoms. The minimum Gasteiger partial charge on any atom is -0.342 e. The molecule has 2 nitrogen and oxygen atoms in total. The van der Waals surface area contributed by atoms with Crippen molar-refractivity contribution in [1.29, 1.82) is 0 Å². The van der Waals surface area contributed by atoms with Crippen molar-refractivity contribution in [2.45, 2.75) is 97.8 Å². The highest BCUT2D eigenvalue weighted by Gasteiger charge is 2.60. The number of aryl methyl sites for hydroxylation is 1. The lowest BCUT2D eigenvalue weighted by Crippen LogP contribution is -2.53. The van der Waals surface area contributed by atoms with Crippen LogP contribution < -0.4 is 0 Å². The van der Waals surface area contributed by atoms with Crippen LogP contribution in [0.2, 0.25) is 0 Å². The summed E-state index contributed by atoms with van der Waals surface area (Å²) in [6, 6.07) is 8.47. The lowest BCUT2D eigenvalue weighted by molar-refractivity contribution is -0.114.